The monoisotopic (exact) mass is 476 g/mol. The molecule has 1 aliphatic heterocycles. The average molecular weight is 477 g/mol. The van der Waals surface area contributed by atoms with Crippen LogP contribution in [0, 0.1) is 13.8 Å². The van der Waals surface area contributed by atoms with E-state index in [1.807, 2.05) is 22.9 Å². The Balaban J connectivity index is 1.49. The Hall–Kier alpha value is -3.30. The van der Waals surface area contributed by atoms with Crippen molar-refractivity contribution in [3.8, 4) is 11.3 Å². The van der Waals surface area contributed by atoms with Crippen molar-refractivity contribution in [1.29, 1.82) is 0 Å². The first kappa shape index (κ1) is 22.5. The van der Waals surface area contributed by atoms with Gasteiger partial charge < -0.3 is 15.0 Å². The maximum Gasteiger partial charge on any atom is 0.256 e. The molecule has 1 saturated heterocycles. The van der Waals surface area contributed by atoms with Crippen LogP contribution in [0.4, 0.5) is 11.5 Å². The lowest BCUT2D eigenvalue weighted by Crippen LogP contribution is -2.36. The zero-order chi connectivity index (χ0) is 23.8. The molecule has 0 aliphatic carbocycles. The molecule has 4 aromatic heterocycles. The molecule has 5 heterocycles. The Kier molecular flexibility index (Phi) is 6.05. The number of pyridine rings is 2. The Morgan fingerprint density at radius 3 is 2.59 bits per heavy atom. The number of nitrogens with zero attached hydrogens (tertiary/aromatic N) is 5. The van der Waals surface area contributed by atoms with Crippen molar-refractivity contribution in [3.63, 3.8) is 0 Å². The van der Waals surface area contributed by atoms with Crippen molar-refractivity contribution in [2.45, 2.75) is 33.7 Å². The molecule has 0 saturated carbocycles. The molecule has 0 spiro atoms. The minimum absolute atomic E-state index is 0.124. The first-order valence-corrected chi connectivity index (χ1v) is 12.3. The number of rotatable bonds is 5. The minimum atomic E-state index is -0.206. The highest BCUT2D eigenvalue weighted by Gasteiger charge is 2.20. The number of fused-ring (bicyclic) bond motifs is 1. The molecule has 34 heavy (non-hydrogen) atoms. The predicted molar refractivity (Wildman–Crippen MR) is 136 cm³/mol. The Bertz CT molecular complexity index is 1340. The van der Waals surface area contributed by atoms with E-state index in [0.29, 0.717) is 30.1 Å². The predicted octanol–water partition coefficient (Wildman–Crippen LogP) is 4.84. The van der Waals surface area contributed by atoms with Crippen molar-refractivity contribution in [2.75, 3.05) is 36.5 Å². The van der Waals surface area contributed by atoms with E-state index >= 15 is 0 Å². The molecule has 0 atom stereocenters. The summed E-state index contributed by atoms with van der Waals surface area (Å²) in [6, 6.07) is 7.94. The summed E-state index contributed by atoms with van der Waals surface area (Å²) >= 11 is 1.73. The summed E-state index contributed by atoms with van der Waals surface area (Å²) in [5, 5.41) is 8.26. The summed E-state index contributed by atoms with van der Waals surface area (Å²) < 4.78 is 7.27. The van der Waals surface area contributed by atoms with Gasteiger partial charge in [0.15, 0.2) is 5.65 Å². The van der Waals surface area contributed by atoms with Crippen molar-refractivity contribution in [2.24, 2.45) is 0 Å². The number of nitrogens with one attached hydrogen (secondary N) is 1. The fourth-order valence-electron chi connectivity index (χ4n) is 4.24. The van der Waals surface area contributed by atoms with Gasteiger partial charge in [-0.15, -0.1) is 11.3 Å². The van der Waals surface area contributed by atoms with Crippen LogP contribution < -0.4 is 10.2 Å². The van der Waals surface area contributed by atoms with E-state index in [9.17, 15) is 4.79 Å². The summed E-state index contributed by atoms with van der Waals surface area (Å²) in [7, 11) is 0. The number of carbonyl (C=O) groups excluding carboxylic acids is 1. The van der Waals surface area contributed by atoms with E-state index in [1.165, 1.54) is 9.75 Å². The van der Waals surface area contributed by atoms with Gasteiger partial charge >= 0.3 is 0 Å². The normalized spacial score (nSPS) is 14.2. The maximum atomic E-state index is 13.4. The fraction of sp³-hybridized carbons (Fsp3) is 0.360. The van der Waals surface area contributed by atoms with E-state index in [4.69, 9.17) is 9.72 Å². The van der Waals surface area contributed by atoms with E-state index in [-0.39, 0.29) is 11.9 Å². The third-order valence-corrected chi connectivity index (χ3v) is 6.92. The van der Waals surface area contributed by atoms with Crippen LogP contribution in [0.25, 0.3) is 22.3 Å². The van der Waals surface area contributed by atoms with E-state index in [2.05, 4.69) is 54.1 Å². The number of hydrogen-bond acceptors (Lipinski definition) is 7. The third kappa shape index (κ3) is 4.28. The molecule has 9 heteroatoms. The van der Waals surface area contributed by atoms with Crippen LogP contribution >= 0.6 is 11.3 Å². The smallest absolute Gasteiger partial charge is 0.256 e. The van der Waals surface area contributed by atoms with Gasteiger partial charge in [0, 0.05) is 34.4 Å². The highest BCUT2D eigenvalue weighted by atomic mass is 32.1. The molecule has 176 valence electrons. The summed E-state index contributed by atoms with van der Waals surface area (Å²) in [5.41, 5.74) is 3.73. The van der Waals surface area contributed by atoms with Gasteiger partial charge in [-0.25, -0.2) is 14.6 Å². The molecule has 5 rings (SSSR count). The lowest BCUT2D eigenvalue weighted by Gasteiger charge is -2.27. The van der Waals surface area contributed by atoms with Gasteiger partial charge in [0.2, 0.25) is 0 Å². The number of morpholine rings is 1. The Morgan fingerprint density at radius 1 is 1.15 bits per heavy atom. The number of anilines is 2. The summed E-state index contributed by atoms with van der Waals surface area (Å²) in [4.78, 5) is 27.5. The summed E-state index contributed by atoms with van der Waals surface area (Å²) in [6.07, 6.45) is 3.43. The molecule has 0 radical (unpaired) electrons. The fourth-order valence-corrected chi connectivity index (χ4v) is 5.18. The zero-order valence-electron chi connectivity index (χ0n) is 19.8. The van der Waals surface area contributed by atoms with Gasteiger partial charge in [-0.05, 0) is 52.0 Å². The van der Waals surface area contributed by atoms with Crippen molar-refractivity contribution in [3.05, 3.63) is 52.0 Å². The van der Waals surface area contributed by atoms with Crippen LogP contribution in [0.1, 0.15) is 40.0 Å². The molecule has 4 aromatic rings. The molecule has 1 aliphatic rings. The molecule has 0 aromatic carbocycles. The van der Waals surface area contributed by atoms with E-state index in [0.717, 1.165) is 35.6 Å². The summed E-state index contributed by atoms with van der Waals surface area (Å²) in [5.74, 6) is 0.680. The molecule has 0 bridgehead atoms. The Morgan fingerprint density at radius 2 is 1.94 bits per heavy atom. The lowest BCUT2D eigenvalue weighted by molar-refractivity contribution is 0.102. The van der Waals surface area contributed by atoms with Crippen LogP contribution in [-0.4, -0.2) is 52.0 Å². The molecule has 1 amide bonds. The van der Waals surface area contributed by atoms with Crippen molar-refractivity contribution >= 4 is 39.8 Å². The van der Waals surface area contributed by atoms with Crippen LogP contribution in [0.2, 0.25) is 0 Å². The molecular formula is C25H28N6O2S. The lowest BCUT2D eigenvalue weighted by atomic mass is 10.1. The van der Waals surface area contributed by atoms with Gasteiger partial charge in [-0.3, -0.25) is 4.79 Å². The van der Waals surface area contributed by atoms with Crippen LogP contribution in [0.3, 0.4) is 0 Å². The van der Waals surface area contributed by atoms with Crippen molar-refractivity contribution in [1.82, 2.24) is 19.7 Å². The number of aryl methyl sites for hydroxylation is 2. The van der Waals surface area contributed by atoms with Crippen LogP contribution in [0.15, 0.2) is 36.7 Å². The second-order valence-corrected chi connectivity index (χ2v) is 10.2. The van der Waals surface area contributed by atoms with Gasteiger partial charge in [0.1, 0.15) is 5.82 Å². The molecule has 0 unspecified atom stereocenters. The zero-order valence-corrected chi connectivity index (χ0v) is 20.6. The van der Waals surface area contributed by atoms with Gasteiger partial charge in [-0.2, -0.15) is 5.10 Å². The van der Waals surface area contributed by atoms with E-state index < -0.39 is 0 Å². The van der Waals surface area contributed by atoms with Crippen LogP contribution in [0.5, 0.6) is 0 Å². The molecule has 1 N–H and O–H groups in total. The summed E-state index contributed by atoms with van der Waals surface area (Å²) in [6.45, 7) is 11.3. The first-order valence-electron chi connectivity index (χ1n) is 11.5. The number of carbonyl (C=O) groups is 1. The SMILES string of the molecule is Cc1cc(-c2cc(C(=O)Nc3ccc(N4CCOCC4)nc3)c3cnn(C(C)C)c3n2)c(C)s1. The van der Waals surface area contributed by atoms with Crippen LogP contribution in [-0.2, 0) is 4.74 Å². The maximum absolute atomic E-state index is 13.4. The largest absolute Gasteiger partial charge is 0.378 e. The number of hydrogen-bond donors (Lipinski definition) is 1. The van der Waals surface area contributed by atoms with Crippen molar-refractivity contribution < 1.29 is 9.53 Å². The molecular weight excluding hydrogens is 448 g/mol. The standard InChI is InChI=1S/C25H28N6O2S/c1-15(2)31-24-21(14-27-31)20(12-22(29-24)19-11-16(3)34-17(19)4)25(32)28-18-5-6-23(26-13-18)30-7-9-33-10-8-30/h5-6,11-15H,7-10H2,1-4H3,(H,28,32). The number of amides is 1. The topological polar surface area (TPSA) is 85.2 Å². The quantitative estimate of drug-likeness (QED) is 0.444. The second kappa shape index (κ2) is 9.15. The van der Waals surface area contributed by atoms with E-state index in [1.54, 1.807) is 23.7 Å². The second-order valence-electron chi connectivity index (χ2n) is 8.76. The van der Waals surface area contributed by atoms with Gasteiger partial charge in [0.25, 0.3) is 5.91 Å². The third-order valence-electron chi connectivity index (χ3n) is 5.96. The molecule has 1 fully saturated rings. The first-order chi connectivity index (χ1) is 16.4. The highest BCUT2D eigenvalue weighted by Crippen LogP contribution is 2.33. The number of thiophene rings is 1. The Labute approximate surface area is 202 Å². The molecule has 8 nitrogen and oxygen atoms in total. The van der Waals surface area contributed by atoms with Gasteiger partial charge in [-0.1, -0.05) is 0 Å². The number of aromatic nitrogens is 4. The average Bonchev–Trinajstić information content (AvgIpc) is 3.42. The van der Waals surface area contributed by atoms with Gasteiger partial charge in [0.05, 0.1) is 47.9 Å². The minimum Gasteiger partial charge on any atom is -0.378 e. The highest BCUT2D eigenvalue weighted by molar-refractivity contribution is 7.12. The number of ether oxygens (including phenoxy) is 1.